The van der Waals surface area contributed by atoms with Gasteiger partial charge in [0.2, 0.25) is 0 Å². The minimum absolute atomic E-state index is 0.0628. The van der Waals surface area contributed by atoms with Gasteiger partial charge in [-0.15, -0.1) is 0 Å². The van der Waals surface area contributed by atoms with Crippen LogP contribution in [0.1, 0.15) is 51.8 Å². The van der Waals surface area contributed by atoms with Gasteiger partial charge in [0.25, 0.3) is 0 Å². The molecule has 1 aromatic heterocycles. The van der Waals surface area contributed by atoms with Gasteiger partial charge in [-0.2, -0.15) is 8.78 Å². The number of carbonyl (C=O) groups excluding carboxylic acids is 2. The first-order valence-electron chi connectivity index (χ1n) is 10.5. The van der Waals surface area contributed by atoms with E-state index in [2.05, 4.69) is 9.72 Å². The number of pyridine rings is 1. The SMILES string of the molecule is CC(C)Oc1cc([C@H](Cc2c(Cl)c[nH+]cc2Cl)OC(=O)c2ccc(C=O)cc2)ccc1OC(F)F. The Morgan fingerprint density at radius 3 is 2.23 bits per heavy atom. The summed E-state index contributed by atoms with van der Waals surface area (Å²) < 4.78 is 41.8. The van der Waals surface area contributed by atoms with Crippen molar-refractivity contribution in [3.8, 4) is 11.5 Å². The Hall–Kier alpha value is -3.23. The van der Waals surface area contributed by atoms with Crippen LogP contribution in [0.3, 0.4) is 0 Å². The molecule has 0 aliphatic carbocycles. The quantitative estimate of drug-likeness (QED) is 0.235. The van der Waals surface area contributed by atoms with Gasteiger partial charge in [0.05, 0.1) is 11.7 Å². The Labute approximate surface area is 210 Å². The molecule has 1 atom stereocenters. The predicted molar refractivity (Wildman–Crippen MR) is 126 cm³/mol. The molecule has 1 N–H and O–H groups in total. The lowest BCUT2D eigenvalue weighted by Gasteiger charge is -2.22. The van der Waals surface area contributed by atoms with Gasteiger partial charge in [0, 0.05) is 17.5 Å². The molecule has 1 heterocycles. The van der Waals surface area contributed by atoms with Crippen LogP contribution >= 0.6 is 23.2 Å². The molecule has 2 aromatic carbocycles. The Kier molecular flexibility index (Phi) is 9.01. The van der Waals surface area contributed by atoms with E-state index >= 15 is 0 Å². The average Bonchev–Trinajstić information content (AvgIpc) is 2.81. The summed E-state index contributed by atoms with van der Waals surface area (Å²) in [6, 6.07) is 10.2. The third kappa shape index (κ3) is 7.13. The first-order chi connectivity index (χ1) is 16.7. The maximum atomic E-state index is 12.9. The number of nitrogens with one attached hydrogen (secondary N) is 1. The van der Waals surface area contributed by atoms with Crippen LogP contribution in [0, 0.1) is 0 Å². The highest BCUT2D eigenvalue weighted by Crippen LogP contribution is 2.36. The Balaban J connectivity index is 2.01. The topological polar surface area (TPSA) is 76.0 Å². The van der Waals surface area contributed by atoms with Crippen LogP contribution in [-0.2, 0) is 11.2 Å². The molecule has 10 heteroatoms. The summed E-state index contributed by atoms with van der Waals surface area (Å²) in [6.07, 6.45) is 2.56. The maximum Gasteiger partial charge on any atom is 0.387 e. The minimum Gasteiger partial charge on any atom is -0.487 e. The second-order valence-electron chi connectivity index (χ2n) is 7.72. The van der Waals surface area contributed by atoms with E-state index in [-0.39, 0.29) is 29.6 Å². The van der Waals surface area contributed by atoms with Gasteiger partial charge in [0.15, 0.2) is 23.9 Å². The van der Waals surface area contributed by atoms with Gasteiger partial charge in [0.1, 0.15) is 22.4 Å². The maximum absolute atomic E-state index is 12.9. The van der Waals surface area contributed by atoms with Gasteiger partial charge >= 0.3 is 12.6 Å². The number of alkyl halides is 2. The first-order valence-corrected chi connectivity index (χ1v) is 11.3. The molecule has 0 bridgehead atoms. The fourth-order valence-corrected chi connectivity index (χ4v) is 3.78. The molecule has 3 rings (SSSR count). The van der Waals surface area contributed by atoms with E-state index in [1.807, 2.05) is 0 Å². The fraction of sp³-hybridized carbons (Fsp3) is 0.240. The highest BCUT2D eigenvalue weighted by Gasteiger charge is 2.25. The molecule has 0 fully saturated rings. The third-order valence-corrected chi connectivity index (χ3v) is 5.51. The predicted octanol–water partition coefficient (Wildman–Crippen LogP) is 6.15. The number of aromatic amines is 1. The second kappa shape index (κ2) is 12.0. The van der Waals surface area contributed by atoms with E-state index in [1.165, 1.54) is 54.9 Å². The van der Waals surface area contributed by atoms with Crippen molar-refractivity contribution >= 4 is 35.5 Å². The van der Waals surface area contributed by atoms with Crippen molar-refractivity contribution in [1.29, 1.82) is 0 Å². The van der Waals surface area contributed by atoms with Crippen LogP contribution in [0.2, 0.25) is 10.0 Å². The van der Waals surface area contributed by atoms with Crippen LogP contribution < -0.4 is 14.5 Å². The normalized spacial score (nSPS) is 11.9. The molecule has 184 valence electrons. The van der Waals surface area contributed by atoms with Gasteiger partial charge in [-0.05, 0) is 43.7 Å². The lowest BCUT2D eigenvalue weighted by Crippen LogP contribution is -2.16. The number of carbonyl (C=O) groups is 2. The van der Waals surface area contributed by atoms with Gasteiger partial charge in [-0.1, -0.05) is 41.4 Å². The number of hydrogen-bond acceptors (Lipinski definition) is 5. The summed E-state index contributed by atoms with van der Waals surface area (Å²) in [5, 5.41) is 0.649. The highest BCUT2D eigenvalue weighted by molar-refractivity contribution is 6.35. The van der Waals surface area contributed by atoms with Crippen molar-refractivity contribution in [2.24, 2.45) is 0 Å². The number of hydrogen-bond donors (Lipinski definition) is 0. The van der Waals surface area contributed by atoms with Crippen LogP contribution in [0.4, 0.5) is 8.78 Å². The molecule has 0 aliphatic rings. The molecular weight excluding hydrogens is 503 g/mol. The number of benzene rings is 2. The largest absolute Gasteiger partial charge is 0.487 e. The van der Waals surface area contributed by atoms with E-state index in [9.17, 15) is 18.4 Å². The number of ether oxygens (including phenoxy) is 3. The van der Waals surface area contributed by atoms with Crippen LogP contribution in [0.25, 0.3) is 0 Å². The van der Waals surface area contributed by atoms with Crippen LogP contribution in [0.15, 0.2) is 54.9 Å². The number of esters is 1. The zero-order valence-electron chi connectivity index (χ0n) is 18.8. The van der Waals surface area contributed by atoms with E-state index < -0.39 is 18.7 Å². The molecule has 0 saturated carbocycles. The zero-order chi connectivity index (χ0) is 25.5. The van der Waals surface area contributed by atoms with E-state index in [4.69, 9.17) is 32.7 Å². The average molecular weight is 525 g/mol. The molecule has 0 radical (unpaired) electrons. The number of aromatic nitrogens is 1. The molecule has 0 unspecified atom stereocenters. The number of rotatable bonds is 10. The Morgan fingerprint density at radius 1 is 1.00 bits per heavy atom. The summed E-state index contributed by atoms with van der Waals surface area (Å²) in [7, 11) is 0. The van der Waals surface area contributed by atoms with Crippen LogP contribution in [-0.4, -0.2) is 25.0 Å². The Morgan fingerprint density at radius 2 is 1.66 bits per heavy atom. The molecule has 3 aromatic rings. The molecule has 0 aliphatic heterocycles. The van der Waals surface area contributed by atoms with Gasteiger partial charge in [-0.25, -0.2) is 9.78 Å². The standard InChI is InChI=1S/C25H21Cl2F2NO5/c1-14(2)33-23-9-17(7-8-21(23)35-25(28)29)22(10-18-19(26)11-30-12-20(18)27)34-24(32)16-5-3-15(13-31)4-6-16/h3-9,11-14,22,25H,10H2,1-2H3/p+1/t22-/m0/s1. The van der Waals surface area contributed by atoms with Crippen molar-refractivity contribution in [3.05, 3.63) is 87.2 Å². The monoisotopic (exact) mass is 524 g/mol. The smallest absolute Gasteiger partial charge is 0.387 e. The van der Waals surface area contributed by atoms with Crippen molar-refractivity contribution in [2.75, 3.05) is 0 Å². The second-order valence-corrected chi connectivity index (χ2v) is 8.53. The van der Waals surface area contributed by atoms with Gasteiger partial charge < -0.3 is 14.2 Å². The summed E-state index contributed by atoms with van der Waals surface area (Å²) in [4.78, 5) is 26.6. The van der Waals surface area contributed by atoms with Gasteiger partial charge in [-0.3, -0.25) is 4.79 Å². The first kappa shape index (κ1) is 26.4. The van der Waals surface area contributed by atoms with Crippen molar-refractivity contribution < 1.29 is 37.6 Å². The fourth-order valence-electron chi connectivity index (χ4n) is 3.24. The minimum atomic E-state index is -3.04. The number of aldehydes is 1. The molecule has 0 spiro atoms. The van der Waals surface area contributed by atoms with Crippen LogP contribution in [0.5, 0.6) is 11.5 Å². The molecule has 0 saturated heterocycles. The number of H-pyrrole nitrogens is 1. The summed E-state index contributed by atoms with van der Waals surface area (Å²) in [5.74, 6) is -0.758. The lowest BCUT2D eigenvalue weighted by molar-refractivity contribution is -0.377. The lowest BCUT2D eigenvalue weighted by atomic mass is 10.0. The number of halogens is 4. The van der Waals surface area contributed by atoms with E-state index in [0.29, 0.717) is 33.0 Å². The molecular formula is C25H22Cl2F2NO5+. The zero-order valence-corrected chi connectivity index (χ0v) is 20.3. The highest BCUT2D eigenvalue weighted by atomic mass is 35.5. The van der Waals surface area contributed by atoms with Crippen molar-refractivity contribution in [2.45, 2.75) is 39.1 Å². The molecule has 0 amide bonds. The van der Waals surface area contributed by atoms with Crippen molar-refractivity contribution in [1.82, 2.24) is 0 Å². The molecule has 6 nitrogen and oxygen atoms in total. The summed E-state index contributed by atoms with van der Waals surface area (Å²) in [6.45, 7) is 0.426. The third-order valence-electron chi connectivity index (χ3n) is 4.84. The Bertz CT molecular complexity index is 1170. The summed E-state index contributed by atoms with van der Waals surface area (Å²) in [5.41, 5.74) is 1.58. The van der Waals surface area contributed by atoms with Crippen molar-refractivity contribution in [3.63, 3.8) is 0 Å². The van der Waals surface area contributed by atoms with E-state index in [0.717, 1.165) is 0 Å². The van der Waals surface area contributed by atoms with E-state index in [1.54, 1.807) is 13.8 Å². The summed E-state index contributed by atoms with van der Waals surface area (Å²) >= 11 is 12.6. The molecule has 35 heavy (non-hydrogen) atoms.